The van der Waals surface area contributed by atoms with Crippen molar-refractivity contribution in [1.29, 1.82) is 0 Å². The molecule has 0 aliphatic heterocycles. The minimum absolute atomic E-state index is 0.537. The van der Waals surface area contributed by atoms with E-state index in [0.29, 0.717) is 12.1 Å². The van der Waals surface area contributed by atoms with E-state index in [9.17, 15) is 0 Å². The van der Waals surface area contributed by atoms with Gasteiger partial charge in [-0.15, -0.1) is 13.2 Å². The van der Waals surface area contributed by atoms with Crippen molar-refractivity contribution < 1.29 is 4.74 Å². The molecule has 0 aromatic carbocycles. The van der Waals surface area contributed by atoms with Crippen LogP contribution in [-0.2, 0) is 4.74 Å². The van der Waals surface area contributed by atoms with Gasteiger partial charge in [-0.05, 0) is 53.9 Å². The molecule has 3 nitrogen and oxygen atoms in total. The van der Waals surface area contributed by atoms with Gasteiger partial charge in [-0.25, -0.2) is 0 Å². The molecule has 2 unspecified atom stereocenters. The first-order valence-electron chi connectivity index (χ1n) is 7.15. The van der Waals surface area contributed by atoms with E-state index in [4.69, 9.17) is 4.74 Å². The van der Waals surface area contributed by atoms with Crippen molar-refractivity contribution in [2.75, 3.05) is 41.4 Å². The highest BCUT2D eigenvalue weighted by Crippen LogP contribution is 2.08. The highest BCUT2D eigenvalue weighted by molar-refractivity contribution is 4.79. The summed E-state index contributed by atoms with van der Waals surface area (Å²) in [5.41, 5.74) is 0. The zero-order valence-electron chi connectivity index (χ0n) is 13.3. The van der Waals surface area contributed by atoms with Crippen LogP contribution in [0.2, 0.25) is 0 Å². The molecule has 0 aliphatic rings. The Balaban J connectivity index is 3.77. The summed E-state index contributed by atoms with van der Waals surface area (Å²) in [6.45, 7) is 9.26. The average molecular weight is 268 g/mol. The van der Waals surface area contributed by atoms with Crippen LogP contribution >= 0.6 is 0 Å². The monoisotopic (exact) mass is 268 g/mol. The molecule has 3 heteroatoms. The highest BCUT2D eigenvalue weighted by atomic mass is 16.5. The third-order valence-electron chi connectivity index (χ3n) is 3.53. The lowest BCUT2D eigenvalue weighted by Gasteiger charge is -2.24. The summed E-state index contributed by atoms with van der Waals surface area (Å²) < 4.78 is 5.77. The van der Waals surface area contributed by atoms with Crippen LogP contribution in [0.25, 0.3) is 0 Å². The molecule has 0 aromatic rings. The maximum absolute atomic E-state index is 5.77. The molecule has 0 aliphatic carbocycles. The Morgan fingerprint density at radius 1 is 0.842 bits per heavy atom. The van der Waals surface area contributed by atoms with E-state index in [1.54, 1.807) is 0 Å². The SMILES string of the molecule is C=CCC(CCOCCC(CC=C)N(C)C)N(C)C. The molecule has 0 saturated carbocycles. The molecule has 0 rings (SSSR count). The molecule has 0 heterocycles. The van der Waals surface area contributed by atoms with Crippen LogP contribution < -0.4 is 0 Å². The van der Waals surface area contributed by atoms with Gasteiger partial charge in [0.2, 0.25) is 0 Å². The number of nitrogens with zero attached hydrogens (tertiary/aromatic N) is 2. The van der Waals surface area contributed by atoms with Crippen molar-refractivity contribution in [2.24, 2.45) is 0 Å². The Morgan fingerprint density at radius 2 is 1.21 bits per heavy atom. The first kappa shape index (κ1) is 18.4. The highest BCUT2D eigenvalue weighted by Gasteiger charge is 2.11. The topological polar surface area (TPSA) is 15.7 Å². The Morgan fingerprint density at radius 3 is 1.47 bits per heavy atom. The number of ether oxygens (including phenoxy) is 1. The second-order valence-electron chi connectivity index (χ2n) is 5.47. The molecular formula is C16H32N2O. The third-order valence-corrected chi connectivity index (χ3v) is 3.53. The van der Waals surface area contributed by atoms with Crippen LogP contribution in [0, 0.1) is 0 Å². The van der Waals surface area contributed by atoms with Crippen molar-refractivity contribution in [3.63, 3.8) is 0 Å². The molecule has 0 spiro atoms. The van der Waals surface area contributed by atoms with E-state index < -0.39 is 0 Å². The van der Waals surface area contributed by atoms with Crippen LogP contribution in [0.1, 0.15) is 25.7 Å². The van der Waals surface area contributed by atoms with Crippen LogP contribution in [0.4, 0.5) is 0 Å². The molecule has 0 saturated heterocycles. The first-order valence-corrected chi connectivity index (χ1v) is 7.15. The van der Waals surface area contributed by atoms with Gasteiger partial charge < -0.3 is 14.5 Å². The fraction of sp³-hybridized carbons (Fsp3) is 0.750. The smallest absolute Gasteiger partial charge is 0.0481 e. The normalized spacial score (nSPS) is 14.6. The van der Waals surface area contributed by atoms with Crippen LogP contribution in [0.15, 0.2) is 25.3 Å². The van der Waals surface area contributed by atoms with E-state index in [1.807, 2.05) is 12.2 Å². The number of hydrogen-bond donors (Lipinski definition) is 0. The molecule has 2 atom stereocenters. The molecular weight excluding hydrogens is 236 g/mol. The molecule has 0 amide bonds. The lowest BCUT2D eigenvalue weighted by molar-refractivity contribution is 0.0931. The van der Waals surface area contributed by atoms with Crippen LogP contribution in [-0.4, -0.2) is 63.3 Å². The fourth-order valence-corrected chi connectivity index (χ4v) is 2.10. The van der Waals surface area contributed by atoms with E-state index in [2.05, 4.69) is 51.1 Å². The van der Waals surface area contributed by atoms with Crippen molar-refractivity contribution in [1.82, 2.24) is 9.80 Å². The molecule has 0 fully saturated rings. The predicted molar refractivity (Wildman–Crippen MR) is 84.6 cm³/mol. The lowest BCUT2D eigenvalue weighted by Crippen LogP contribution is -2.30. The van der Waals surface area contributed by atoms with E-state index in [1.165, 1.54) is 0 Å². The number of hydrogen-bond acceptors (Lipinski definition) is 3. The van der Waals surface area contributed by atoms with Gasteiger partial charge in [0.05, 0.1) is 0 Å². The van der Waals surface area contributed by atoms with Gasteiger partial charge in [0.1, 0.15) is 0 Å². The van der Waals surface area contributed by atoms with E-state index in [0.717, 1.165) is 38.9 Å². The Bertz CT molecular complexity index is 215. The summed E-state index contributed by atoms with van der Waals surface area (Å²) in [6, 6.07) is 1.07. The summed E-state index contributed by atoms with van der Waals surface area (Å²) in [5, 5.41) is 0. The molecule has 0 bridgehead atoms. The van der Waals surface area contributed by atoms with Gasteiger partial charge >= 0.3 is 0 Å². The maximum atomic E-state index is 5.77. The van der Waals surface area contributed by atoms with Gasteiger partial charge in [0.15, 0.2) is 0 Å². The van der Waals surface area contributed by atoms with E-state index in [-0.39, 0.29) is 0 Å². The van der Waals surface area contributed by atoms with Gasteiger partial charge in [-0.2, -0.15) is 0 Å². The Labute approximate surface area is 119 Å². The second-order valence-corrected chi connectivity index (χ2v) is 5.47. The Hall–Kier alpha value is -0.640. The molecule has 0 radical (unpaired) electrons. The zero-order chi connectivity index (χ0) is 14.7. The minimum Gasteiger partial charge on any atom is -0.381 e. The van der Waals surface area contributed by atoms with Crippen molar-refractivity contribution in [3.8, 4) is 0 Å². The van der Waals surface area contributed by atoms with Gasteiger partial charge in [0.25, 0.3) is 0 Å². The van der Waals surface area contributed by atoms with Crippen molar-refractivity contribution >= 4 is 0 Å². The van der Waals surface area contributed by atoms with Crippen LogP contribution in [0.3, 0.4) is 0 Å². The van der Waals surface area contributed by atoms with Gasteiger partial charge in [-0.3, -0.25) is 0 Å². The quantitative estimate of drug-likeness (QED) is 0.400. The summed E-state index contributed by atoms with van der Waals surface area (Å²) >= 11 is 0. The second kappa shape index (κ2) is 11.2. The summed E-state index contributed by atoms with van der Waals surface area (Å²) in [7, 11) is 8.45. The average Bonchev–Trinajstić information content (AvgIpc) is 2.35. The lowest BCUT2D eigenvalue weighted by atomic mass is 10.1. The first-order chi connectivity index (χ1) is 9.02. The minimum atomic E-state index is 0.537. The number of rotatable bonds is 12. The van der Waals surface area contributed by atoms with Gasteiger partial charge in [0, 0.05) is 25.3 Å². The zero-order valence-corrected chi connectivity index (χ0v) is 13.3. The van der Waals surface area contributed by atoms with Crippen molar-refractivity contribution in [3.05, 3.63) is 25.3 Å². The molecule has 19 heavy (non-hydrogen) atoms. The molecule has 0 aromatic heterocycles. The molecule has 112 valence electrons. The maximum Gasteiger partial charge on any atom is 0.0481 e. The fourth-order valence-electron chi connectivity index (χ4n) is 2.10. The third kappa shape index (κ3) is 8.98. The standard InChI is InChI=1S/C16H32N2O/c1-7-9-15(17(3)4)11-13-19-14-12-16(10-8-2)18(5)6/h7-8,15-16H,1-2,9-14H2,3-6H3. The summed E-state index contributed by atoms with van der Waals surface area (Å²) in [5.74, 6) is 0. The largest absolute Gasteiger partial charge is 0.381 e. The summed E-state index contributed by atoms with van der Waals surface area (Å²) in [4.78, 5) is 4.48. The van der Waals surface area contributed by atoms with E-state index >= 15 is 0 Å². The predicted octanol–water partition coefficient (Wildman–Crippen LogP) is 2.80. The molecule has 0 N–H and O–H groups in total. The van der Waals surface area contributed by atoms with Crippen molar-refractivity contribution in [2.45, 2.75) is 37.8 Å². The Kier molecular flexibility index (Phi) is 10.8. The van der Waals surface area contributed by atoms with Crippen LogP contribution in [0.5, 0.6) is 0 Å². The summed E-state index contributed by atoms with van der Waals surface area (Å²) in [6.07, 6.45) is 8.13. The van der Waals surface area contributed by atoms with Gasteiger partial charge in [-0.1, -0.05) is 12.2 Å².